The van der Waals surface area contributed by atoms with Crippen molar-refractivity contribution in [3.63, 3.8) is 0 Å². The number of nitrogens with one attached hydrogen (secondary N) is 1. The van der Waals surface area contributed by atoms with Crippen LogP contribution in [-0.4, -0.2) is 36.9 Å². The summed E-state index contributed by atoms with van der Waals surface area (Å²) < 4.78 is 0. The van der Waals surface area contributed by atoms with Gasteiger partial charge in [0.2, 0.25) is 5.91 Å². The minimum Gasteiger partial charge on any atom is -0.345 e. The molecular weight excluding hydrogens is 337 g/mol. The Kier molecular flexibility index (Phi) is 7.32. The van der Waals surface area contributed by atoms with Crippen LogP contribution in [0.2, 0.25) is 5.02 Å². The Labute approximate surface area is 148 Å². The maximum atomic E-state index is 12.1. The van der Waals surface area contributed by atoms with E-state index in [4.69, 9.17) is 17.3 Å². The van der Waals surface area contributed by atoms with E-state index in [2.05, 4.69) is 5.32 Å². The second-order valence-corrected chi connectivity index (χ2v) is 6.41. The summed E-state index contributed by atoms with van der Waals surface area (Å²) in [5.41, 5.74) is 7.00. The first-order chi connectivity index (χ1) is 10.4. The Bertz CT molecular complexity index is 578. The molecule has 1 aliphatic carbocycles. The van der Waals surface area contributed by atoms with Crippen molar-refractivity contribution in [3.8, 4) is 0 Å². The Morgan fingerprint density at radius 2 is 2.04 bits per heavy atom. The van der Waals surface area contributed by atoms with Crippen molar-refractivity contribution in [1.82, 2.24) is 4.90 Å². The van der Waals surface area contributed by atoms with Crippen molar-refractivity contribution in [3.05, 3.63) is 28.8 Å². The van der Waals surface area contributed by atoms with Crippen LogP contribution < -0.4 is 11.1 Å². The number of benzene rings is 1. The molecule has 0 radical (unpaired) electrons. The molecule has 0 saturated heterocycles. The highest BCUT2D eigenvalue weighted by Crippen LogP contribution is 2.27. The van der Waals surface area contributed by atoms with Crippen molar-refractivity contribution in [2.45, 2.75) is 31.7 Å². The van der Waals surface area contributed by atoms with Gasteiger partial charge in [-0.05, 0) is 37.0 Å². The summed E-state index contributed by atoms with van der Waals surface area (Å²) in [5.74, 6) is 0.0231. The third-order valence-corrected chi connectivity index (χ3v) is 4.37. The molecule has 2 rings (SSSR count). The van der Waals surface area contributed by atoms with Crippen molar-refractivity contribution < 1.29 is 9.59 Å². The van der Waals surface area contributed by atoms with Crippen molar-refractivity contribution >= 4 is 41.5 Å². The highest BCUT2D eigenvalue weighted by Gasteiger charge is 2.26. The molecule has 1 aromatic rings. The molecule has 0 aromatic heterocycles. The van der Waals surface area contributed by atoms with Gasteiger partial charge in [0.15, 0.2) is 0 Å². The molecule has 2 atom stereocenters. The molecular formula is C16H23Cl2N3O2. The number of hydrogen-bond donors (Lipinski definition) is 2. The SMILES string of the molecule is CN(C)C(=O)c1ccc(NC(=O)C[C@@H]2CCC[C@H]2N)cc1Cl.Cl. The van der Waals surface area contributed by atoms with Crippen LogP contribution in [0.25, 0.3) is 0 Å². The molecule has 7 heteroatoms. The quantitative estimate of drug-likeness (QED) is 0.867. The van der Waals surface area contributed by atoms with Crippen molar-refractivity contribution in [2.24, 2.45) is 11.7 Å². The number of nitrogens with zero attached hydrogens (tertiary/aromatic N) is 1. The van der Waals surface area contributed by atoms with Crippen LogP contribution in [-0.2, 0) is 4.79 Å². The molecule has 0 heterocycles. The summed E-state index contributed by atoms with van der Waals surface area (Å²) in [5, 5.41) is 3.15. The molecule has 3 N–H and O–H groups in total. The zero-order valence-electron chi connectivity index (χ0n) is 13.3. The average Bonchev–Trinajstić information content (AvgIpc) is 2.83. The molecule has 5 nitrogen and oxygen atoms in total. The van der Waals surface area contributed by atoms with E-state index in [0.717, 1.165) is 19.3 Å². The molecule has 0 unspecified atom stereocenters. The number of carbonyl (C=O) groups excluding carboxylic acids is 2. The molecule has 1 aromatic carbocycles. The largest absolute Gasteiger partial charge is 0.345 e. The molecule has 128 valence electrons. The Morgan fingerprint density at radius 3 is 2.57 bits per heavy atom. The van der Waals surface area contributed by atoms with Gasteiger partial charge in [-0.25, -0.2) is 0 Å². The Morgan fingerprint density at radius 1 is 1.35 bits per heavy atom. The normalized spacial score (nSPS) is 19.8. The number of rotatable bonds is 4. The van der Waals surface area contributed by atoms with Gasteiger partial charge in [0.1, 0.15) is 0 Å². The summed E-state index contributed by atoms with van der Waals surface area (Å²) in [6.45, 7) is 0. The summed E-state index contributed by atoms with van der Waals surface area (Å²) in [7, 11) is 3.33. The molecule has 1 aliphatic rings. The maximum Gasteiger partial charge on any atom is 0.254 e. The van der Waals surface area contributed by atoms with E-state index >= 15 is 0 Å². The predicted octanol–water partition coefficient (Wildman–Crippen LogP) is 2.92. The van der Waals surface area contributed by atoms with E-state index in [1.807, 2.05) is 0 Å². The van der Waals surface area contributed by atoms with E-state index in [-0.39, 0.29) is 36.2 Å². The van der Waals surface area contributed by atoms with Gasteiger partial charge in [-0.1, -0.05) is 18.0 Å². The van der Waals surface area contributed by atoms with Gasteiger partial charge in [-0.3, -0.25) is 9.59 Å². The van der Waals surface area contributed by atoms with Gasteiger partial charge >= 0.3 is 0 Å². The topological polar surface area (TPSA) is 75.4 Å². The standard InChI is InChI=1S/C16H22ClN3O2.ClH/c1-20(2)16(22)12-7-6-11(9-13(12)17)19-15(21)8-10-4-3-5-14(10)18;/h6-7,9-10,14H,3-5,8,18H2,1-2H3,(H,19,21);1H/t10-,14+;/m0./s1. The molecule has 0 bridgehead atoms. The summed E-state index contributed by atoms with van der Waals surface area (Å²) in [6.07, 6.45) is 3.51. The first kappa shape index (κ1) is 19.7. The fourth-order valence-corrected chi connectivity index (χ4v) is 3.04. The van der Waals surface area contributed by atoms with Crippen LogP contribution in [0.15, 0.2) is 18.2 Å². The lowest BCUT2D eigenvalue weighted by molar-refractivity contribution is -0.117. The van der Waals surface area contributed by atoms with Gasteiger partial charge < -0.3 is 16.0 Å². The van der Waals surface area contributed by atoms with Crippen LogP contribution in [0.5, 0.6) is 0 Å². The lowest BCUT2D eigenvalue weighted by Gasteiger charge is -2.15. The zero-order chi connectivity index (χ0) is 16.3. The van der Waals surface area contributed by atoms with E-state index in [1.54, 1.807) is 32.3 Å². The molecule has 0 spiro atoms. The number of nitrogens with two attached hydrogens (primary N) is 1. The molecule has 2 amide bonds. The first-order valence-corrected chi connectivity index (χ1v) is 7.83. The number of carbonyl (C=O) groups is 2. The van der Waals surface area contributed by atoms with Crippen molar-refractivity contribution in [1.29, 1.82) is 0 Å². The summed E-state index contributed by atoms with van der Waals surface area (Å²) >= 11 is 6.13. The molecule has 0 aliphatic heterocycles. The highest BCUT2D eigenvalue weighted by atomic mass is 35.5. The first-order valence-electron chi connectivity index (χ1n) is 7.45. The van der Waals surface area contributed by atoms with E-state index < -0.39 is 0 Å². The third kappa shape index (κ3) is 5.09. The fourth-order valence-electron chi connectivity index (χ4n) is 2.78. The van der Waals surface area contributed by atoms with Gasteiger partial charge in [0, 0.05) is 32.2 Å². The minimum atomic E-state index is -0.167. The third-order valence-electron chi connectivity index (χ3n) is 4.05. The fraction of sp³-hybridized carbons (Fsp3) is 0.500. The van der Waals surface area contributed by atoms with Crippen LogP contribution in [0.4, 0.5) is 5.69 Å². The van der Waals surface area contributed by atoms with Crippen LogP contribution in [0, 0.1) is 5.92 Å². The molecule has 1 fully saturated rings. The van der Waals surface area contributed by atoms with E-state index in [1.165, 1.54) is 4.90 Å². The van der Waals surface area contributed by atoms with E-state index in [9.17, 15) is 9.59 Å². The molecule has 23 heavy (non-hydrogen) atoms. The average molecular weight is 360 g/mol. The van der Waals surface area contributed by atoms with Crippen LogP contribution in [0.3, 0.4) is 0 Å². The van der Waals surface area contributed by atoms with Gasteiger partial charge in [-0.2, -0.15) is 0 Å². The number of halogens is 2. The summed E-state index contributed by atoms with van der Waals surface area (Å²) in [6, 6.07) is 5.04. The Hall–Kier alpha value is -1.30. The van der Waals surface area contributed by atoms with Gasteiger partial charge in [-0.15, -0.1) is 12.4 Å². The monoisotopic (exact) mass is 359 g/mol. The lowest BCUT2D eigenvalue weighted by Crippen LogP contribution is -2.28. The second kappa shape index (κ2) is 8.52. The number of amides is 2. The number of anilines is 1. The maximum absolute atomic E-state index is 12.1. The van der Waals surface area contributed by atoms with Crippen LogP contribution >= 0.6 is 24.0 Å². The highest BCUT2D eigenvalue weighted by molar-refractivity contribution is 6.34. The smallest absolute Gasteiger partial charge is 0.254 e. The zero-order valence-corrected chi connectivity index (χ0v) is 14.9. The van der Waals surface area contributed by atoms with Crippen LogP contribution in [0.1, 0.15) is 36.0 Å². The Balaban J connectivity index is 0.00000264. The van der Waals surface area contributed by atoms with Crippen molar-refractivity contribution in [2.75, 3.05) is 19.4 Å². The summed E-state index contributed by atoms with van der Waals surface area (Å²) in [4.78, 5) is 25.4. The molecule has 1 saturated carbocycles. The lowest BCUT2D eigenvalue weighted by atomic mass is 10.00. The van der Waals surface area contributed by atoms with E-state index in [0.29, 0.717) is 22.7 Å². The second-order valence-electron chi connectivity index (χ2n) is 6.00. The minimum absolute atomic E-state index is 0. The van der Waals surface area contributed by atoms with Gasteiger partial charge in [0.25, 0.3) is 5.91 Å². The van der Waals surface area contributed by atoms with Gasteiger partial charge in [0.05, 0.1) is 10.6 Å². The number of hydrogen-bond acceptors (Lipinski definition) is 3. The predicted molar refractivity (Wildman–Crippen MR) is 95.3 cm³/mol.